The second-order valence-corrected chi connectivity index (χ2v) is 8.25. The smallest absolute Gasteiger partial charge is 0.256 e. The predicted molar refractivity (Wildman–Crippen MR) is 131 cm³/mol. The highest BCUT2D eigenvalue weighted by molar-refractivity contribution is 6.33. The minimum absolute atomic E-state index is 0.0160. The van der Waals surface area contributed by atoms with Gasteiger partial charge in [-0.3, -0.25) is 9.59 Å². The molecule has 0 bridgehead atoms. The lowest BCUT2D eigenvalue weighted by atomic mass is 10.1. The van der Waals surface area contributed by atoms with Gasteiger partial charge in [0.25, 0.3) is 5.91 Å². The molecule has 11 heteroatoms. The van der Waals surface area contributed by atoms with E-state index >= 15 is 0 Å². The first-order chi connectivity index (χ1) is 15.8. The number of anilines is 4. The largest absolute Gasteiger partial charge is 0.384 e. The molecule has 4 rings (SSSR count). The summed E-state index contributed by atoms with van der Waals surface area (Å²) >= 11 is 6.56. The molecular weight excluding hydrogens is 444 g/mol. The van der Waals surface area contributed by atoms with Crippen molar-refractivity contribution in [2.45, 2.75) is 20.4 Å². The molecule has 1 aliphatic rings. The SMILES string of the molecule is CCN1CCN(c2ccc(Nc3ncc4c(=O)c(C(N)=O)c(N)n(CC)c4n3)c(Cl)c2)CC1. The maximum atomic E-state index is 12.7. The third-order valence-electron chi connectivity index (χ3n) is 5.99. The van der Waals surface area contributed by atoms with Gasteiger partial charge in [-0.25, -0.2) is 4.98 Å². The van der Waals surface area contributed by atoms with E-state index in [9.17, 15) is 9.59 Å². The van der Waals surface area contributed by atoms with Crippen LogP contribution in [0.25, 0.3) is 11.0 Å². The third kappa shape index (κ3) is 4.31. The lowest BCUT2D eigenvalue weighted by molar-refractivity contribution is 0.1000. The highest BCUT2D eigenvalue weighted by Crippen LogP contribution is 2.30. The van der Waals surface area contributed by atoms with Crippen LogP contribution in [0.3, 0.4) is 0 Å². The molecule has 5 N–H and O–H groups in total. The molecule has 0 aliphatic carbocycles. The van der Waals surface area contributed by atoms with Crippen molar-refractivity contribution < 1.29 is 4.79 Å². The number of nitrogens with one attached hydrogen (secondary N) is 1. The fourth-order valence-electron chi connectivity index (χ4n) is 4.10. The van der Waals surface area contributed by atoms with E-state index in [0.29, 0.717) is 22.9 Å². The second kappa shape index (κ2) is 9.24. The van der Waals surface area contributed by atoms with Crippen LogP contribution in [-0.2, 0) is 6.54 Å². The number of nitrogens with two attached hydrogens (primary N) is 2. The quantitative estimate of drug-likeness (QED) is 0.498. The van der Waals surface area contributed by atoms with Crippen molar-refractivity contribution in [2.75, 3.05) is 48.7 Å². The minimum atomic E-state index is -0.883. The van der Waals surface area contributed by atoms with E-state index in [1.165, 1.54) is 6.20 Å². The second-order valence-electron chi connectivity index (χ2n) is 7.84. The molecule has 3 heterocycles. The Labute approximate surface area is 196 Å². The maximum absolute atomic E-state index is 12.7. The number of rotatable bonds is 6. The van der Waals surface area contributed by atoms with Gasteiger partial charge < -0.3 is 31.2 Å². The third-order valence-corrected chi connectivity index (χ3v) is 6.30. The van der Waals surface area contributed by atoms with Crippen LogP contribution in [0.2, 0.25) is 5.02 Å². The number of likely N-dealkylation sites (N-methyl/N-ethyl adjacent to an activating group) is 1. The molecule has 10 nitrogen and oxygen atoms in total. The monoisotopic (exact) mass is 470 g/mol. The number of halogens is 1. The highest BCUT2D eigenvalue weighted by atomic mass is 35.5. The standard InChI is InChI=1S/C22H27ClN8O2/c1-3-29-7-9-30(10-8-29)13-5-6-16(15(23)11-13)27-22-26-12-14-18(32)17(20(25)33)19(24)31(4-2)21(14)28-22/h5-6,11-12H,3-4,7-10,24H2,1-2H3,(H2,25,33)(H,26,27,28). The summed E-state index contributed by atoms with van der Waals surface area (Å²) in [6.45, 7) is 9.41. The number of piperazine rings is 1. The Hall–Kier alpha value is -3.37. The Bertz CT molecular complexity index is 1270. The van der Waals surface area contributed by atoms with E-state index in [-0.39, 0.29) is 22.7 Å². The lowest BCUT2D eigenvalue weighted by Gasteiger charge is -2.35. The fraction of sp³-hybridized carbons (Fsp3) is 0.364. The topological polar surface area (TPSA) is 135 Å². The number of nitrogens with zero attached hydrogens (tertiary/aromatic N) is 5. The number of carbonyl (C=O) groups excluding carboxylic acids is 1. The average molecular weight is 471 g/mol. The van der Waals surface area contributed by atoms with Crippen LogP contribution in [0.1, 0.15) is 24.2 Å². The van der Waals surface area contributed by atoms with Gasteiger partial charge in [-0.05, 0) is 31.7 Å². The van der Waals surface area contributed by atoms with Crippen molar-refractivity contribution in [3.05, 3.63) is 45.2 Å². The van der Waals surface area contributed by atoms with E-state index < -0.39 is 11.3 Å². The average Bonchev–Trinajstić information content (AvgIpc) is 2.80. The number of aromatic nitrogens is 3. The van der Waals surface area contributed by atoms with Crippen molar-refractivity contribution in [2.24, 2.45) is 5.73 Å². The molecule has 1 aliphatic heterocycles. The number of benzene rings is 1. The van der Waals surface area contributed by atoms with Gasteiger partial charge in [-0.1, -0.05) is 18.5 Å². The summed E-state index contributed by atoms with van der Waals surface area (Å²) in [5, 5.41) is 3.81. The van der Waals surface area contributed by atoms with Gasteiger partial charge in [0.05, 0.1) is 16.1 Å². The van der Waals surface area contributed by atoms with Crippen LogP contribution in [0, 0.1) is 0 Å². The number of carbonyl (C=O) groups is 1. The number of pyridine rings is 1. The number of primary amides is 1. The van der Waals surface area contributed by atoms with Crippen molar-refractivity contribution >= 4 is 51.7 Å². The van der Waals surface area contributed by atoms with Gasteiger partial charge in [0.2, 0.25) is 11.4 Å². The molecule has 1 aromatic carbocycles. The van der Waals surface area contributed by atoms with E-state index in [1.807, 2.05) is 25.1 Å². The molecule has 3 aromatic rings. The zero-order valence-electron chi connectivity index (χ0n) is 18.6. The maximum Gasteiger partial charge on any atom is 0.256 e. The molecular formula is C22H27ClN8O2. The van der Waals surface area contributed by atoms with Crippen LogP contribution in [0.15, 0.2) is 29.2 Å². The number of aryl methyl sites for hydroxylation is 1. The highest BCUT2D eigenvalue weighted by Gasteiger charge is 2.20. The summed E-state index contributed by atoms with van der Waals surface area (Å²) in [5.74, 6) is -0.647. The van der Waals surface area contributed by atoms with E-state index in [4.69, 9.17) is 23.1 Å². The molecule has 0 atom stereocenters. The first-order valence-electron chi connectivity index (χ1n) is 10.9. The number of fused-ring (bicyclic) bond motifs is 1. The summed E-state index contributed by atoms with van der Waals surface area (Å²) in [7, 11) is 0. The Morgan fingerprint density at radius 2 is 1.91 bits per heavy atom. The van der Waals surface area contributed by atoms with Gasteiger partial charge in [-0.15, -0.1) is 0 Å². The van der Waals surface area contributed by atoms with Crippen molar-refractivity contribution in [1.29, 1.82) is 0 Å². The number of amides is 1. The van der Waals surface area contributed by atoms with Crippen LogP contribution >= 0.6 is 11.6 Å². The summed E-state index contributed by atoms with van der Waals surface area (Å²) in [4.78, 5) is 37.8. The van der Waals surface area contributed by atoms with Gasteiger partial charge >= 0.3 is 0 Å². The normalized spacial score (nSPS) is 14.6. The molecule has 1 fully saturated rings. The first kappa shape index (κ1) is 22.8. The van der Waals surface area contributed by atoms with Crippen molar-refractivity contribution in [1.82, 2.24) is 19.4 Å². The van der Waals surface area contributed by atoms with E-state index in [1.54, 1.807) is 4.57 Å². The number of hydrogen-bond donors (Lipinski definition) is 3. The molecule has 1 amide bonds. The molecule has 1 saturated heterocycles. The Balaban J connectivity index is 1.63. The number of hydrogen-bond acceptors (Lipinski definition) is 8. The van der Waals surface area contributed by atoms with Gasteiger partial charge in [0.1, 0.15) is 11.4 Å². The molecule has 0 spiro atoms. The molecule has 174 valence electrons. The summed E-state index contributed by atoms with van der Waals surface area (Å²) in [5.41, 5.74) is 12.6. The Morgan fingerprint density at radius 3 is 2.52 bits per heavy atom. The van der Waals surface area contributed by atoms with Crippen LogP contribution in [0.5, 0.6) is 0 Å². The van der Waals surface area contributed by atoms with Crippen molar-refractivity contribution in [3.8, 4) is 0 Å². The molecule has 0 saturated carbocycles. The Morgan fingerprint density at radius 1 is 1.18 bits per heavy atom. The lowest BCUT2D eigenvalue weighted by Crippen LogP contribution is -2.46. The van der Waals surface area contributed by atoms with Crippen LogP contribution < -0.4 is 27.1 Å². The summed E-state index contributed by atoms with van der Waals surface area (Å²) in [6.07, 6.45) is 1.36. The molecule has 2 aromatic heterocycles. The molecule has 0 unspecified atom stereocenters. The summed E-state index contributed by atoms with van der Waals surface area (Å²) in [6, 6.07) is 5.82. The van der Waals surface area contributed by atoms with Gasteiger partial charge in [0, 0.05) is 44.6 Å². The minimum Gasteiger partial charge on any atom is -0.384 e. The van der Waals surface area contributed by atoms with Crippen LogP contribution in [-0.4, -0.2) is 58.1 Å². The van der Waals surface area contributed by atoms with E-state index in [0.717, 1.165) is 38.4 Å². The fourth-order valence-corrected chi connectivity index (χ4v) is 4.32. The molecule has 0 radical (unpaired) electrons. The molecule has 33 heavy (non-hydrogen) atoms. The number of nitrogen functional groups attached to an aromatic ring is 1. The van der Waals surface area contributed by atoms with Gasteiger partial charge in [0.15, 0.2) is 5.65 Å². The summed E-state index contributed by atoms with van der Waals surface area (Å²) < 4.78 is 1.56. The van der Waals surface area contributed by atoms with Crippen molar-refractivity contribution in [3.63, 3.8) is 0 Å². The van der Waals surface area contributed by atoms with E-state index in [2.05, 4.69) is 32.0 Å². The zero-order chi connectivity index (χ0) is 23.7. The van der Waals surface area contributed by atoms with Gasteiger partial charge in [-0.2, -0.15) is 4.98 Å². The predicted octanol–water partition coefficient (Wildman–Crippen LogP) is 2.03. The zero-order valence-corrected chi connectivity index (χ0v) is 19.4. The first-order valence-corrected chi connectivity index (χ1v) is 11.2. The van der Waals surface area contributed by atoms with Crippen LogP contribution in [0.4, 0.5) is 23.1 Å². The Kier molecular flexibility index (Phi) is 6.39.